The summed E-state index contributed by atoms with van der Waals surface area (Å²) in [6, 6.07) is 13.3. The lowest BCUT2D eigenvalue weighted by Crippen LogP contribution is -2.29. The van der Waals surface area contributed by atoms with Gasteiger partial charge < -0.3 is 15.2 Å². The Morgan fingerprint density at radius 1 is 1.15 bits per heavy atom. The van der Waals surface area contributed by atoms with E-state index >= 15 is 0 Å². The van der Waals surface area contributed by atoms with E-state index in [1.54, 1.807) is 24.3 Å². The second-order valence-corrected chi connectivity index (χ2v) is 6.12. The fraction of sp³-hybridized carbons (Fsp3) is 0.300. The number of nitrogens with one attached hydrogen (secondary N) is 1. The number of hydrogen-bond acceptors (Lipinski definition) is 3. The number of aliphatic carboxylic acids is 1. The van der Waals surface area contributed by atoms with Crippen molar-refractivity contribution in [3.8, 4) is 5.75 Å². The first-order valence-corrected chi connectivity index (χ1v) is 8.39. The molecule has 5 nitrogen and oxygen atoms in total. The molecular weight excluding hydrogens is 337 g/mol. The number of amides is 1. The van der Waals surface area contributed by atoms with Gasteiger partial charge in [-0.15, -0.1) is 0 Å². The van der Waals surface area contributed by atoms with Gasteiger partial charge in [-0.2, -0.15) is 0 Å². The molecule has 0 fully saturated rings. The van der Waals surface area contributed by atoms with Crippen LogP contribution in [0.5, 0.6) is 5.75 Å². The van der Waals surface area contributed by atoms with Crippen molar-refractivity contribution in [3.63, 3.8) is 0 Å². The normalized spacial score (nSPS) is 11.6. The molecule has 0 spiro atoms. The van der Waals surface area contributed by atoms with Crippen LogP contribution >= 0.6 is 0 Å². The van der Waals surface area contributed by atoms with Crippen LogP contribution in [0.3, 0.4) is 0 Å². The van der Waals surface area contributed by atoms with Gasteiger partial charge in [-0.05, 0) is 48.2 Å². The van der Waals surface area contributed by atoms with Crippen LogP contribution in [0.1, 0.15) is 24.5 Å². The minimum absolute atomic E-state index is 0.0849. The van der Waals surface area contributed by atoms with E-state index in [9.17, 15) is 14.0 Å². The van der Waals surface area contributed by atoms with Crippen LogP contribution in [0.25, 0.3) is 0 Å². The largest absolute Gasteiger partial charge is 0.482 e. The van der Waals surface area contributed by atoms with E-state index < -0.39 is 12.6 Å². The molecule has 0 aliphatic heterocycles. The van der Waals surface area contributed by atoms with E-state index in [1.165, 1.54) is 12.1 Å². The van der Waals surface area contributed by atoms with Crippen molar-refractivity contribution < 1.29 is 23.8 Å². The smallest absolute Gasteiger partial charge is 0.341 e. The van der Waals surface area contributed by atoms with Gasteiger partial charge in [-0.3, -0.25) is 4.79 Å². The Hall–Kier alpha value is -2.89. The van der Waals surface area contributed by atoms with Crippen LogP contribution < -0.4 is 10.1 Å². The second kappa shape index (κ2) is 9.56. The van der Waals surface area contributed by atoms with Crippen LogP contribution in [-0.2, 0) is 22.6 Å². The first-order valence-electron chi connectivity index (χ1n) is 8.39. The monoisotopic (exact) mass is 359 g/mol. The molecule has 1 amide bonds. The third-order valence-electron chi connectivity index (χ3n) is 3.93. The minimum Gasteiger partial charge on any atom is -0.482 e. The lowest BCUT2D eigenvalue weighted by atomic mass is 10.00. The van der Waals surface area contributed by atoms with Gasteiger partial charge in [0.1, 0.15) is 11.6 Å². The van der Waals surface area contributed by atoms with E-state index in [4.69, 9.17) is 9.84 Å². The van der Waals surface area contributed by atoms with Crippen molar-refractivity contribution in [1.29, 1.82) is 0 Å². The molecule has 0 aliphatic rings. The van der Waals surface area contributed by atoms with Crippen LogP contribution in [0.15, 0.2) is 48.5 Å². The number of carboxylic acid groups (broad SMARTS) is 1. The van der Waals surface area contributed by atoms with Crippen molar-refractivity contribution >= 4 is 11.9 Å². The van der Waals surface area contributed by atoms with Crippen LogP contribution in [0, 0.1) is 11.7 Å². The molecule has 2 aromatic rings. The Morgan fingerprint density at radius 2 is 1.88 bits per heavy atom. The lowest BCUT2D eigenvalue weighted by Gasteiger charge is -2.13. The van der Waals surface area contributed by atoms with Gasteiger partial charge >= 0.3 is 5.97 Å². The molecule has 138 valence electrons. The summed E-state index contributed by atoms with van der Waals surface area (Å²) in [4.78, 5) is 22.7. The number of aryl methyl sites for hydroxylation is 1. The summed E-state index contributed by atoms with van der Waals surface area (Å²) in [6.07, 6.45) is 1.25. The summed E-state index contributed by atoms with van der Waals surface area (Å²) in [6.45, 7) is 1.75. The van der Waals surface area contributed by atoms with Crippen molar-refractivity contribution in [2.75, 3.05) is 6.61 Å². The molecule has 6 heteroatoms. The van der Waals surface area contributed by atoms with Crippen molar-refractivity contribution in [3.05, 3.63) is 65.5 Å². The summed E-state index contributed by atoms with van der Waals surface area (Å²) in [5.74, 6) is -1.17. The van der Waals surface area contributed by atoms with Crippen LogP contribution in [0.2, 0.25) is 0 Å². The molecule has 0 heterocycles. The quantitative estimate of drug-likeness (QED) is 0.721. The Morgan fingerprint density at radius 3 is 2.62 bits per heavy atom. The molecule has 2 N–H and O–H groups in total. The number of rotatable bonds is 9. The molecule has 0 saturated carbocycles. The molecule has 2 rings (SSSR count). The number of ether oxygens (including phenoxy) is 1. The molecule has 0 saturated heterocycles. The predicted octanol–water partition coefficient (Wildman–Crippen LogP) is 3.17. The van der Waals surface area contributed by atoms with Gasteiger partial charge in [0.2, 0.25) is 5.91 Å². The first kappa shape index (κ1) is 19.4. The number of hydrogen-bond donors (Lipinski definition) is 2. The van der Waals surface area contributed by atoms with Gasteiger partial charge in [-0.25, -0.2) is 9.18 Å². The topological polar surface area (TPSA) is 75.6 Å². The zero-order chi connectivity index (χ0) is 18.9. The molecule has 1 unspecified atom stereocenters. The minimum atomic E-state index is -1.05. The average molecular weight is 359 g/mol. The van der Waals surface area contributed by atoms with Gasteiger partial charge in [0, 0.05) is 12.5 Å². The summed E-state index contributed by atoms with van der Waals surface area (Å²) >= 11 is 0. The standard InChI is InChI=1S/C20H22FNO4/c1-14(8-9-15-4-2-6-17(21)10-15)20(25)22-12-16-5-3-7-18(11-16)26-13-19(23)24/h2-7,10-11,14H,8-9,12-13H2,1H3,(H,22,25)(H,23,24). The van der Waals surface area contributed by atoms with Gasteiger partial charge in [-0.1, -0.05) is 31.2 Å². The molecule has 0 aliphatic carbocycles. The zero-order valence-electron chi connectivity index (χ0n) is 14.6. The lowest BCUT2D eigenvalue weighted by molar-refractivity contribution is -0.139. The molecule has 1 atom stereocenters. The highest BCUT2D eigenvalue weighted by Gasteiger charge is 2.13. The van der Waals surface area contributed by atoms with Crippen molar-refractivity contribution in [2.24, 2.45) is 5.92 Å². The molecule has 0 radical (unpaired) electrons. The summed E-state index contributed by atoms with van der Waals surface area (Å²) in [5, 5.41) is 11.5. The number of carbonyl (C=O) groups is 2. The molecule has 26 heavy (non-hydrogen) atoms. The Bertz CT molecular complexity index is 763. The van der Waals surface area contributed by atoms with Gasteiger partial charge in [0.15, 0.2) is 6.61 Å². The maximum atomic E-state index is 13.2. The average Bonchev–Trinajstić information content (AvgIpc) is 2.63. The zero-order valence-corrected chi connectivity index (χ0v) is 14.6. The number of benzene rings is 2. The third kappa shape index (κ3) is 6.55. The highest BCUT2D eigenvalue weighted by molar-refractivity contribution is 5.78. The molecule has 2 aromatic carbocycles. The molecule has 0 bridgehead atoms. The fourth-order valence-electron chi connectivity index (χ4n) is 2.46. The third-order valence-corrected chi connectivity index (χ3v) is 3.93. The van der Waals surface area contributed by atoms with E-state index in [2.05, 4.69) is 5.32 Å². The van der Waals surface area contributed by atoms with E-state index in [1.807, 2.05) is 19.1 Å². The van der Waals surface area contributed by atoms with Crippen molar-refractivity contribution in [1.82, 2.24) is 5.32 Å². The maximum absolute atomic E-state index is 13.2. The molecule has 0 aromatic heterocycles. The maximum Gasteiger partial charge on any atom is 0.341 e. The van der Waals surface area contributed by atoms with E-state index in [-0.39, 0.29) is 17.6 Å². The molecular formula is C20H22FNO4. The predicted molar refractivity (Wildman–Crippen MR) is 95.3 cm³/mol. The van der Waals surface area contributed by atoms with E-state index in [0.717, 1.165) is 11.1 Å². The Balaban J connectivity index is 1.80. The second-order valence-electron chi connectivity index (χ2n) is 6.12. The Labute approximate surface area is 151 Å². The van der Waals surface area contributed by atoms with Crippen LogP contribution in [-0.4, -0.2) is 23.6 Å². The first-order chi connectivity index (χ1) is 12.4. The summed E-state index contributed by atoms with van der Waals surface area (Å²) in [7, 11) is 0. The van der Waals surface area contributed by atoms with Gasteiger partial charge in [0.05, 0.1) is 0 Å². The number of halogens is 1. The van der Waals surface area contributed by atoms with Crippen molar-refractivity contribution in [2.45, 2.75) is 26.3 Å². The fourth-order valence-corrected chi connectivity index (χ4v) is 2.46. The highest BCUT2D eigenvalue weighted by Crippen LogP contribution is 2.14. The summed E-state index contributed by atoms with van der Waals surface area (Å²) < 4.78 is 18.3. The highest BCUT2D eigenvalue weighted by atomic mass is 19.1. The summed E-state index contributed by atoms with van der Waals surface area (Å²) in [5.41, 5.74) is 1.69. The van der Waals surface area contributed by atoms with Gasteiger partial charge in [0.25, 0.3) is 0 Å². The van der Waals surface area contributed by atoms with Crippen LogP contribution in [0.4, 0.5) is 4.39 Å². The van der Waals surface area contributed by atoms with E-state index in [0.29, 0.717) is 25.1 Å². The number of carboxylic acids is 1. The number of carbonyl (C=O) groups excluding carboxylic acids is 1. The Kier molecular flexibility index (Phi) is 7.14. The SMILES string of the molecule is CC(CCc1cccc(F)c1)C(=O)NCc1cccc(OCC(=O)O)c1.